The van der Waals surface area contributed by atoms with E-state index in [1.54, 1.807) is 6.20 Å². The number of aromatic nitrogens is 2. The fourth-order valence-electron chi connectivity index (χ4n) is 1.18. The summed E-state index contributed by atoms with van der Waals surface area (Å²) in [5, 5.41) is 3.12. The first-order chi connectivity index (χ1) is 6.84. The van der Waals surface area contributed by atoms with Crippen molar-refractivity contribution in [3.05, 3.63) is 48.3 Å². The molecule has 0 saturated carbocycles. The largest absolute Gasteiger partial charge is 0.325 e. The highest BCUT2D eigenvalue weighted by Crippen LogP contribution is 2.10. The van der Waals surface area contributed by atoms with Crippen LogP contribution < -0.4 is 5.32 Å². The third-order valence-corrected chi connectivity index (χ3v) is 1.81. The van der Waals surface area contributed by atoms with E-state index in [1.165, 1.54) is 0 Å². The average Bonchev–Trinajstić information content (AvgIpc) is 2.19. The predicted molar refractivity (Wildman–Crippen MR) is 56.5 cm³/mol. The maximum absolute atomic E-state index is 4.32. The second kappa shape index (κ2) is 3.87. The minimum absolute atomic E-state index is 0.811. The van der Waals surface area contributed by atoms with Gasteiger partial charge in [0.2, 0.25) is 0 Å². The van der Waals surface area contributed by atoms with E-state index >= 15 is 0 Å². The molecule has 0 aromatic carbocycles. The quantitative estimate of drug-likeness (QED) is 0.781. The van der Waals surface area contributed by atoms with E-state index in [0.717, 1.165) is 17.3 Å². The van der Waals surface area contributed by atoms with Crippen LogP contribution in [0.1, 0.15) is 5.69 Å². The van der Waals surface area contributed by atoms with Crippen molar-refractivity contribution in [3.63, 3.8) is 0 Å². The van der Waals surface area contributed by atoms with Crippen molar-refractivity contribution in [1.82, 2.24) is 9.97 Å². The molecule has 2 aromatic rings. The van der Waals surface area contributed by atoms with Crippen LogP contribution in [0.4, 0.5) is 11.6 Å². The van der Waals surface area contributed by atoms with Crippen LogP contribution in [0.25, 0.3) is 0 Å². The van der Waals surface area contributed by atoms with Crippen molar-refractivity contribution in [2.45, 2.75) is 6.92 Å². The summed E-state index contributed by atoms with van der Waals surface area (Å²) in [5.74, 6) is 1.63. The van der Waals surface area contributed by atoms with E-state index in [-0.39, 0.29) is 0 Å². The van der Waals surface area contributed by atoms with Crippen LogP contribution in [0, 0.1) is 6.92 Å². The van der Waals surface area contributed by atoms with Crippen molar-refractivity contribution in [1.29, 1.82) is 0 Å². The van der Waals surface area contributed by atoms with Crippen LogP contribution in [-0.2, 0) is 0 Å². The monoisotopic (exact) mass is 185 g/mol. The zero-order valence-corrected chi connectivity index (χ0v) is 7.94. The Bertz CT molecular complexity index is 412. The summed E-state index contributed by atoms with van der Waals surface area (Å²) in [7, 11) is 0. The molecule has 0 fully saturated rings. The third-order valence-electron chi connectivity index (χ3n) is 1.81. The van der Waals surface area contributed by atoms with Gasteiger partial charge in [0, 0.05) is 11.9 Å². The molecule has 1 N–H and O–H groups in total. The normalized spacial score (nSPS) is 9.79. The molecule has 2 rings (SSSR count). The summed E-state index contributed by atoms with van der Waals surface area (Å²) < 4.78 is 0. The van der Waals surface area contributed by atoms with Gasteiger partial charge in [-0.05, 0) is 31.2 Å². The lowest BCUT2D eigenvalue weighted by Crippen LogP contribution is -1.95. The Hall–Kier alpha value is -1.90. The van der Waals surface area contributed by atoms with E-state index in [1.807, 2.05) is 43.3 Å². The Morgan fingerprint density at radius 3 is 2.57 bits per heavy atom. The highest BCUT2D eigenvalue weighted by molar-refractivity contribution is 5.50. The maximum Gasteiger partial charge on any atom is 0.131 e. The number of nitrogens with zero attached hydrogens (tertiary/aromatic N) is 2. The highest BCUT2D eigenvalue weighted by atomic mass is 15.0. The molecule has 70 valence electrons. The predicted octanol–water partition coefficient (Wildman–Crippen LogP) is 2.53. The molecule has 3 heteroatoms. The molecule has 0 atom stereocenters. The van der Waals surface area contributed by atoms with Gasteiger partial charge in [0.05, 0.1) is 0 Å². The Labute approximate surface area is 82.8 Å². The van der Waals surface area contributed by atoms with Crippen LogP contribution in [0.2, 0.25) is 0 Å². The van der Waals surface area contributed by atoms with Crippen molar-refractivity contribution >= 4 is 11.6 Å². The Kier molecular flexibility index (Phi) is 2.40. The summed E-state index contributed by atoms with van der Waals surface area (Å²) >= 11 is 0. The lowest BCUT2D eigenvalue weighted by Gasteiger charge is -2.03. The smallest absolute Gasteiger partial charge is 0.131 e. The van der Waals surface area contributed by atoms with Crippen LogP contribution in [0.5, 0.6) is 0 Å². The van der Waals surface area contributed by atoms with Crippen LogP contribution in [0.3, 0.4) is 0 Å². The lowest BCUT2D eigenvalue weighted by atomic mass is 10.3. The number of nitrogens with one attached hydrogen (secondary N) is 1. The molecule has 0 aliphatic rings. The van der Waals surface area contributed by atoms with Crippen LogP contribution in [0.15, 0.2) is 42.6 Å². The second-order valence-electron chi connectivity index (χ2n) is 3.00. The molecular formula is C11H11N3. The van der Waals surface area contributed by atoms with Gasteiger partial charge < -0.3 is 5.32 Å². The first kappa shape index (κ1) is 8.69. The van der Waals surface area contributed by atoms with Gasteiger partial charge in [-0.2, -0.15) is 0 Å². The summed E-state index contributed by atoms with van der Waals surface area (Å²) in [6.45, 7) is 1.96. The molecular weight excluding hydrogens is 174 g/mol. The fraction of sp³-hybridized carbons (Fsp3) is 0.0909. The molecule has 0 radical (unpaired) electrons. The zero-order chi connectivity index (χ0) is 9.80. The van der Waals surface area contributed by atoms with E-state index in [4.69, 9.17) is 0 Å². The molecule has 14 heavy (non-hydrogen) atoms. The molecule has 0 saturated heterocycles. The standard InChI is InChI=1S/C11H11N3/c1-9-5-4-7-11(13-9)14-10-6-2-3-8-12-10/h2-8H,1H3,(H,12,13,14). The van der Waals surface area contributed by atoms with Gasteiger partial charge in [-0.15, -0.1) is 0 Å². The highest BCUT2D eigenvalue weighted by Gasteiger charge is 1.95. The fourth-order valence-corrected chi connectivity index (χ4v) is 1.18. The topological polar surface area (TPSA) is 37.8 Å². The summed E-state index contributed by atoms with van der Waals surface area (Å²) in [5.41, 5.74) is 0.992. The number of rotatable bonds is 2. The minimum atomic E-state index is 0.811. The molecule has 0 amide bonds. The Morgan fingerprint density at radius 2 is 1.86 bits per heavy atom. The van der Waals surface area contributed by atoms with E-state index in [2.05, 4.69) is 15.3 Å². The number of aryl methyl sites for hydroxylation is 1. The SMILES string of the molecule is Cc1cccc(Nc2ccccn2)n1. The van der Waals surface area contributed by atoms with E-state index in [0.29, 0.717) is 0 Å². The molecule has 0 bridgehead atoms. The second-order valence-corrected chi connectivity index (χ2v) is 3.00. The van der Waals surface area contributed by atoms with Crippen molar-refractivity contribution in [2.75, 3.05) is 5.32 Å². The lowest BCUT2D eigenvalue weighted by molar-refractivity contribution is 1.18. The molecule has 2 aromatic heterocycles. The van der Waals surface area contributed by atoms with Crippen molar-refractivity contribution < 1.29 is 0 Å². The number of anilines is 2. The van der Waals surface area contributed by atoms with Crippen molar-refractivity contribution in [3.8, 4) is 0 Å². The number of hydrogen-bond donors (Lipinski definition) is 1. The Balaban J connectivity index is 2.19. The first-order valence-electron chi connectivity index (χ1n) is 4.46. The van der Waals surface area contributed by atoms with Gasteiger partial charge in [-0.25, -0.2) is 9.97 Å². The Morgan fingerprint density at radius 1 is 1.00 bits per heavy atom. The van der Waals surface area contributed by atoms with Gasteiger partial charge in [0.1, 0.15) is 11.6 Å². The summed E-state index contributed by atoms with van der Waals surface area (Å²) in [6.07, 6.45) is 1.75. The minimum Gasteiger partial charge on any atom is -0.325 e. The number of pyridine rings is 2. The summed E-state index contributed by atoms with van der Waals surface area (Å²) in [4.78, 5) is 8.47. The molecule has 0 aliphatic carbocycles. The average molecular weight is 185 g/mol. The zero-order valence-electron chi connectivity index (χ0n) is 7.94. The van der Waals surface area contributed by atoms with E-state index in [9.17, 15) is 0 Å². The van der Waals surface area contributed by atoms with Gasteiger partial charge in [0.25, 0.3) is 0 Å². The summed E-state index contributed by atoms with van der Waals surface area (Å²) in [6, 6.07) is 11.6. The molecule has 0 unspecified atom stereocenters. The van der Waals surface area contributed by atoms with Gasteiger partial charge in [0.15, 0.2) is 0 Å². The molecule has 3 nitrogen and oxygen atoms in total. The first-order valence-corrected chi connectivity index (χ1v) is 4.46. The maximum atomic E-state index is 4.32. The molecule has 2 heterocycles. The molecule has 0 spiro atoms. The van der Waals surface area contributed by atoms with Crippen molar-refractivity contribution in [2.24, 2.45) is 0 Å². The van der Waals surface area contributed by atoms with Crippen LogP contribution >= 0.6 is 0 Å². The van der Waals surface area contributed by atoms with Gasteiger partial charge in [-0.1, -0.05) is 12.1 Å². The number of hydrogen-bond acceptors (Lipinski definition) is 3. The van der Waals surface area contributed by atoms with E-state index < -0.39 is 0 Å². The van der Waals surface area contributed by atoms with Gasteiger partial charge >= 0.3 is 0 Å². The molecule has 0 aliphatic heterocycles. The third kappa shape index (κ3) is 2.07. The van der Waals surface area contributed by atoms with Gasteiger partial charge in [-0.3, -0.25) is 0 Å². The van der Waals surface area contributed by atoms with Crippen LogP contribution in [-0.4, -0.2) is 9.97 Å².